The van der Waals surface area contributed by atoms with Gasteiger partial charge in [-0.15, -0.1) is 0 Å². The molecule has 0 saturated carbocycles. The molecule has 4 nitrogen and oxygen atoms in total. The van der Waals surface area contributed by atoms with Crippen LogP contribution in [0.5, 0.6) is 0 Å². The Kier molecular flexibility index (Phi) is 2.99. The summed E-state index contributed by atoms with van der Waals surface area (Å²) in [7, 11) is 0. The number of aromatic amines is 1. The van der Waals surface area contributed by atoms with Crippen LogP contribution in [-0.2, 0) is 0 Å². The number of rotatable bonds is 2. The average molecular weight is 386 g/mol. The third kappa shape index (κ3) is 2.23. The van der Waals surface area contributed by atoms with Gasteiger partial charge in [0.25, 0.3) is 0 Å². The maximum absolute atomic E-state index is 4.40. The van der Waals surface area contributed by atoms with Crippen molar-refractivity contribution in [3.05, 3.63) is 58.3 Å². The van der Waals surface area contributed by atoms with Gasteiger partial charge in [-0.1, -0.05) is 12.1 Å². The lowest BCUT2D eigenvalue weighted by molar-refractivity contribution is 1.12. The molecular formula is C16H11IN4. The van der Waals surface area contributed by atoms with E-state index >= 15 is 0 Å². The highest BCUT2D eigenvalue weighted by Gasteiger charge is 2.08. The Morgan fingerprint density at radius 1 is 1.00 bits per heavy atom. The number of H-pyrrole nitrogens is 1. The molecule has 0 saturated heterocycles. The third-order valence-corrected chi connectivity index (χ3v) is 4.10. The highest BCUT2D eigenvalue weighted by Crippen LogP contribution is 2.28. The molecule has 0 aliphatic rings. The van der Waals surface area contributed by atoms with E-state index in [1.165, 1.54) is 3.57 Å². The van der Waals surface area contributed by atoms with E-state index in [9.17, 15) is 0 Å². The molecule has 102 valence electrons. The van der Waals surface area contributed by atoms with Gasteiger partial charge in [0.1, 0.15) is 0 Å². The average Bonchev–Trinajstić information content (AvgIpc) is 2.91. The number of nitrogens with zero attached hydrogens (tertiary/aromatic N) is 2. The zero-order valence-corrected chi connectivity index (χ0v) is 13.1. The summed E-state index contributed by atoms with van der Waals surface area (Å²) in [5, 5.41) is 13.0. The van der Waals surface area contributed by atoms with Crippen LogP contribution in [0.25, 0.3) is 21.8 Å². The van der Waals surface area contributed by atoms with E-state index in [2.05, 4.69) is 55.2 Å². The highest BCUT2D eigenvalue weighted by atomic mass is 127. The summed E-state index contributed by atoms with van der Waals surface area (Å²) in [6, 6.07) is 16.3. The molecule has 0 fully saturated rings. The van der Waals surface area contributed by atoms with Crippen molar-refractivity contribution in [1.82, 2.24) is 15.2 Å². The number of anilines is 2. The van der Waals surface area contributed by atoms with Gasteiger partial charge in [-0.2, -0.15) is 5.10 Å². The number of hydrogen-bond donors (Lipinski definition) is 2. The molecule has 21 heavy (non-hydrogen) atoms. The molecule has 2 N–H and O–H groups in total. The molecule has 0 amide bonds. The first-order valence-corrected chi connectivity index (χ1v) is 7.63. The normalized spacial score (nSPS) is 11.1. The number of hydrogen-bond acceptors (Lipinski definition) is 3. The number of aromatic nitrogens is 3. The van der Waals surface area contributed by atoms with Gasteiger partial charge in [0.15, 0.2) is 5.82 Å². The van der Waals surface area contributed by atoms with Gasteiger partial charge in [-0.3, -0.25) is 10.1 Å². The van der Waals surface area contributed by atoms with E-state index in [4.69, 9.17) is 0 Å². The second-order valence-electron chi connectivity index (χ2n) is 4.76. The van der Waals surface area contributed by atoms with Crippen molar-refractivity contribution >= 4 is 55.9 Å². The summed E-state index contributed by atoms with van der Waals surface area (Å²) >= 11 is 2.31. The van der Waals surface area contributed by atoms with Gasteiger partial charge in [0, 0.05) is 20.5 Å². The summed E-state index contributed by atoms with van der Waals surface area (Å²) in [6.45, 7) is 0. The lowest BCUT2D eigenvalue weighted by Crippen LogP contribution is -1.93. The smallest absolute Gasteiger partial charge is 0.160 e. The molecule has 0 aliphatic heterocycles. The fourth-order valence-electron chi connectivity index (χ4n) is 2.41. The first kappa shape index (κ1) is 12.6. The number of nitrogens with one attached hydrogen (secondary N) is 2. The Morgan fingerprint density at radius 2 is 1.90 bits per heavy atom. The number of halogens is 1. The summed E-state index contributed by atoms with van der Waals surface area (Å²) in [4.78, 5) is 4.40. The van der Waals surface area contributed by atoms with Crippen molar-refractivity contribution in [2.75, 3.05) is 5.32 Å². The Labute approximate surface area is 134 Å². The Hall–Kier alpha value is -2.15. The van der Waals surface area contributed by atoms with E-state index in [0.29, 0.717) is 0 Å². The van der Waals surface area contributed by atoms with E-state index in [1.54, 1.807) is 0 Å². The molecule has 2 aromatic heterocycles. The highest BCUT2D eigenvalue weighted by molar-refractivity contribution is 14.1. The summed E-state index contributed by atoms with van der Waals surface area (Å²) < 4.78 is 1.18. The van der Waals surface area contributed by atoms with Gasteiger partial charge in [-0.25, -0.2) is 0 Å². The van der Waals surface area contributed by atoms with Gasteiger partial charge in [-0.05, 0) is 59.0 Å². The largest absolute Gasteiger partial charge is 0.338 e. The number of para-hydroxylation sites is 1. The minimum atomic E-state index is 0.831. The van der Waals surface area contributed by atoms with Crippen molar-refractivity contribution in [2.45, 2.75) is 0 Å². The molecule has 4 rings (SSSR count). The zero-order chi connectivity index (χ0) is 14.2. The third-order valence-electron chi connectivity index (χ3n) is 3.43. The Balaban J connectivity index is 1.86. The quantitative estimate of drug-likeness (QED) is 0.501. The number of pyridine rings is 1. The minimum Gasteiger partial charge on any atom is -0.338 e. The second kappa shape index (κ2) is 5.00. The van der Waals surface area contributed by atoms with Gasteiger partial charge >= 0.3 is 0 Å². The van der Waals surface area contributed by atoms with Crippen LogP contribution in [0.15, 0.2) is 54.7 Å². The zero-order valence-electron chi connectivity index (χ0n) is 11.0. The van der Waals surface area contributed by atoms with Gasteiger partial charge < -0.3 is 5.32 Å². The van der Waals surface area contributed by atoms with E-state index < -0.39 is 0 Å². The van der Waals surface area contributed by atoms with Crippen LogP contribution < -0.4 is 5.32 Å². The van der Waals surface area contributed by atoms with Crippen molar-refractivity contribution in [2.24, 2.45) is 0 Å². The fraction of sp³-hybridized carbons (Fsp3) is 0. The van der Waals surface area contributed by atoms with Crippen LogP contribution in [0.3, 0.4) is 0 Å². The summed E-state index contributed by atoms with van der Waals surface area (Å²) in [5.41, 5.74) is 3.00. The summed E-state index contributed by atoms with van der Waals surface area (Å²) in [5.74, 6) is 0.831. The first-order chi connectivity index (χ1) is 10.3. The summed E-state index contributed by atoms with van der Waals surface area (Å²) in [6.07, 6.45) is 1.81. The molecular weight excluding hydrogens is 375 g/mol. The van der Waals surface area contributed by atoms with E-state index in [0.717, 1.165) is 33.3 Å². The topological polar surface area (TPSA) is 53.6 Å². The lowest BCUT2D eigenvalue weighted by Gasteiger charge is -2.08. The van der Waals surface area contributed by atoms with Crippen LogP contribution >= 0.6 is 22.6 Å². The van der Waals surface area contributed by atoms with Crippen molar-refractivity contribution < 1.29 is 0 Å². The molecule has 2 heterocycles. The molecule has 0 aliphatic carbocycles. The maximum Gasteiger partial charge on any atom is 0.160 e. The predicted molar refractivity (Wildman–Crippen MR) is 93.8 cm³/mol. The number of fused-ring (bicyclic) bond motifs is 2. The maximum atomic E-state index is 4.40. The lowest BCUT2D eigenvalue weighted by atomic mass is 10.2. The first-order valence-electron chi connectivity index (χ1n) is 6.56. The van der Waals surface area contributed by atoms with Gasteiger partial charge in [0.05, 0.1) is 16.7 Å². The van der Waals surface area contributed by atoms with Crippen molar-refractivity contribution in [3.8, 4) is 0 Å². The molecule has 0 spiro atoms. The van der Waals surface area contributed by atoms with Crippen LogP contribution in [-0.4, -0.2) is 15.2 Å². The monoisotopic (exact) mass is 386 g/mol. The molecule has 0 atom stereocenters. The molecule has 0 unspecified atom stereocenters. The minimum absolute atomic E-state index is 0.831. The molecule has 0 bridgehead atoms. The number of benzene rings is 2. The molecule has 4 aromatic rings. The van der Waals surface area contributed by atoms with Crippen LogP contribution in [0, 0.1) is 3.57 Å². The van der Waals surface area contributed by atoms with Crippen LogP contribution in [0.4, 0.5) is 11.5 Å². The molecule has 2 aromatic carbocycles. The SMILES string of the molecule is Ic1ccc2nccc(Nc3n[nH]c4ccccc34)c2c1. The fourth-order valence-corrected chi connectivity index (χ4v) is 2.90. The van der Waals surface area contributed by atoms with Crippen LogP contribution in [0.2, 0.25) is 0 Å². The van der Waals surface area contributed by atoms with Crippen LogP contribution in [0.1, 0.15) is 0 Å². The van der Waals surface area contributed by atoms with Crippen molar-refractivity contribution in [3.63, 3.8) is 0 Å². The standard InChI is InChI=1S/C16H11IN4/c17-10-5-6-13-12(9-10)14(7-8-18-13)19-16-11-3-1-2-4-15(11)20-21-16/h1-9H,(H2,18,19,20,21). The molecule has 0 radical (unpaired) electrons. The Morgan fingerprint density at radius 3 is 2.86 bits per heavy atom. The van der Waals surface area contributed by atoms with E-state index in [-0.39, 0.29) is 0 Å². The van der Waals surface area contributed by atoms with Crippen molar-refractivity contribution in [1.29, 1.82) is 0 Å². The van der Waals surface area contributed by atoms with Gasteiger partial charge in [0.2, 0.25) is 0 Å². The Bertz CT molecular complexity index is 945. The molecule has 5 heteroatoms. The van der Waals surface area contributed by atoms with E-state index in [1.807, 2.05) is 42.6 Å². The second-order valence-corrected chi connectivity index (χ2v) is 6.01. The predicted octanol–water partition coefficient (Wildman–Crippen LogP) is 4.46.